The summed E-state index contributed by atoms with van der Waals surface area (Å²) in [6, 6.07) is 7.30. The predicted octanol–water partition coefficient (Wildman–Crippen LogP) is 1.93. The topological polar surface area (TPSA) is 52.7 Å². The van der Waals surface area contributed by atoms with Crippen LogP contribution in [0.4, 0.5) is 5.69 Å². The fourth-order valence-corrected chi connectivity index (χ4v) is 3.28. The van der Waals surface area contributed by atoms with E-state index in [2.05, 4.69) is 5.32 Å². The molecule has 0 bridgehead atoms. The highest BCUT2D eigenvalue weighted by Crippen LogP contribution is 2.28. The van der Waals surface area contributed by atoms with Crippen molar-refractivity contribution in [1.29, 1.82) is 0 Å². The van der Waals surface area contributed by atoms with Gasteiger partial charge in [0.25, 0.3) is 0 Å². The number of nitrogens with zero attached hydrogens (tertiary/aromatic N) is 2. The van der Waals surface area contributed by atoms with Crippen LogP contribution in [-0.4, -0.2) is 48.9 Å². The second-order valence-corrected chi connectivity index (χ2v) is 6.33. The number of carbonyl (C=O) groups excluding carboxylic acids is 2. The molecular formula is C16H21Cl2N3O2. The van der Waals surface area contributed by atoms with Crippen LogP contribution in [0, 0.1) is 5.92 Å². The van der Waals surface area contributed by atoms with Crippen molar-refractivity contribution in [3.05, 3.63) is 29.3 Å². The second kappa shape index (κ2) is 7.51. The van der Waals surface area contributed by atoms with Crippen molar-refractivity contribution in [1.82, 2.24) is 10.2 Å². The van der Waals surface area contributed by atoms with Gasteiger partial charge in [-0.1, -0.05) is 11.6 Å². The summed E-state index contributed by atoms with van der Waals surface area (Å²) in [6.45, 7) is 4.84. The van der Waals surface area contributed by atoms with Gasteiger partial charge >= 0.3 is 0 Å². The molecule has 0 aromatic heterocycles. The van der Waals surface area contributed by atoms with E-state index in [9.17, 15) is 9.59 Å². The number of hydrogen-bond donors (Lipinski definition) is 1. The maximum absolute atomic E-state index is 12.7. The molecular weight excluding hydrogens is 337 g/mol. The molecule has 2 saturated heterocycles. The summed E-state index contributed by atoms with van der Waals surface area (Å²) in [5.74, 6) is -0.676. The van der Waals surface area contributed by atoms with Crippen LogP contribution in [-0.2, 0) is 9.59 Å². The lowest BCUT2D eigenvalue weighted by molar-refractivity contribution is -0.142. The fraction of sp³-hybridized carbons (Fsp3) is 0.500. The van der Waals surface area contributed by atoms with Crippen molar-refractivity contribution in [2.24, 2.45) is 5.92 Å². The molecule has 5 nitrogen and oxygen atoms in total. The van der Waals surface area contributed by atoms with E-state index in [1.54, 1.807) is 17.0 Å². The van der Waals surface area contributed by atoms with Crippen molar-refractivity contribution < 1.29 is 9.59 Å². The molecule has 23 heavy (non-hydrogen) atoms. The maximum Gasteiger partial charge on any atom is 0.239 e. The Hall–Kier alpha value is -1.30. The van der Waals surface area contributed by atoms with Gasteiger partial charge in [0, 0.05) is 42.9 Å². The highest BCUT2D eigenvalue weighted by Gasteiger charge is 2.41. The lowest BCUT2D eigenvalue weighted by Crippen LogP contribution is -2.54. The van der Waals surface area contributed by atoms with Gasteiger partial charge in [0.05, 0.1) is 0 Å². The SMILES string of the molecule is C[C@H]1CNCCN1C(=O)C1CCN(c2ccc(Cl)cc2)C1=O.Cl. The number of rotatable bonds is 2. The van der Waals surface area contributed by atoms with E-state index in [1.165, 1.54) is 0 Å². The van der Waals surface area contributed by atoms with Gasteiger partial charge in [-0.05, 0) is 37.6 Å². The number of nitrogens with one attached hydrogen (secondary N) is 1. The van der Waals surface area contributed by atoms with Crippen molar-refractivity contribution in [3.63, 3.8) is 0 Å². The number of piperazine rings is 1. The first-order valence-corrected chi connectivity index (χ1v) is 8.04. The monoisotopic (exact) mass is 357 g/mol. The summed E-state index contributed by atoms with van der Waals surface area (Å²) < 4.78 is 0. The van der Waals surface area contributed by atoms with Gasteiger partial charge in [0.2, 0.25) is 11.8 Å². The van der Waals surface area contributed by atoms with Crippen LogP contribution in [0.3, 0.4) is 0 Å². The smallest absolute Gasteiger partial charge is 0.239 e. The first-order valence-electron chi connectivity index (χ1n) is 7.66. The van der Waals surface area contributed by atoms with E-state index in [4.69, 9.17) is 11.6 Å². The third kappa shape index (κ3) is 3.62. The maximum atomic E-state index is 12.7. The molecule has 2 atom stereocenters. The van der Waals surface area contributed by atoms with Crippen molar-refractivity contribution >= 4 is 41.5 Å². The minimum absolute atomic E-state index is 0. The second-order valence-electron chi connectivity index (χ2n) is 5.89. The van der Waals surface area contributed by atoms with Crippen LogP contribution < -0.4 is 10.2 Å². The Kier molecular flexibility index (Phi) is 5.89. The Morgan fingerprint density at radius 2 is 1.96 bits per heavy atom. The molecule has 1 aromatic carbocycles. The number of anilines is 1. The van der Waals surface area contributed by atoms with E-state index < -0.39 is 5.92 Å². The standard InChI is InChI=1S/C16H20ClN3O2.ClH/c1-11-10-18-7-9-19(11)15(21)14-6-8-20(16(14)22)13-4-2-12(17)3-5-13;/h2-5,11,14,18H,6-10H2,1H3;1H/t11-,14?;/m0./s1. The predicted molar refractivity (Wildman–Crippen MR) is 93.2 cm³/mol. The Morgan fingerprint density at radius 1 is 1.26 bits per heavy atom. The normalized spacial score (nSPS) is 24.5. The number of benzene rings is 1. The summed E-state index contributed by atoms with van der Waals surface area (Å²) in [4.78, 5) is 28.8. The molecule has 0 spiro atoms. The van der Waals surface area contributed by atoms with Crippen LogP contribution >= 0.6 is 24.0 Å². The zero-order valence-electron chi connectivity index (χ0n) is 13.0. The van der Waals surface area contributed by atoms with Crippen molar-refractivity contribution in [3.8, 4) is 0 Å². The largest absolute Gasteiger partial charge is 0.337 e. The summed E-state index contributed by atoms with van der Waals surface area (Å²) in [6.07, 6.45) is 0.580. The third-order valence-corrected chi connectivity index (χ3v) is 4.68. The van der Waals surface area contributed by atoms with Gasteiger partial charge in [0.1, 0.15) is 5.92 Å². The first kappa shape index (κ1) is 18.0. The van der Waals surface area contributed by atoms with E-state index in [0.29, 0.717) is 24.5 Å². The Labute approximate surface area is 147 Å². The van der Waals surface area contributed by atoms with Crippen LogP contribution in [0.1, 0.15) is 13.3 Å². The molecule has 7 heteroatoms. The van der Waals surface area contributed by atoms with Gasteiger partial charge in [-0.3, -0.25) is 9.59 Å². The zero-order chi connectivity index (χ0) is 15.7. The van der Waals surface area contributed by atoms with Crippen molar-refractivity contribution in [2.75, 3.05) is 31.1 Å². The van der Waals surface area contributed by atoms with Gasteiger partial charge < -0.3 is 15.1 Å². The highest BCUT2D eigenvalue weighted by molar-refractivity contribution is 6.30. The summed E-state index contributed by atoms with van der Waals surface area (Å²) in [7, 11) is 0. The summed E-state index contributed by atoms with van der Waals surface area (Å²) >= 11 is 5.88. The molecule has 1 N–H and O–H groups in total. The van der Waals surface area contributed by atoms with E-state index in [0.717, 1.165) is 18.8 Å². The van der Waals surface area contributed by atoms with Crippen LogP contribution in [0.15, 0.2) is 24.3 Å². The average molecular weight is 358 g/mol. The Balaban J connectivity index is 0.00000192. The minimum atomic E-state index is -0.545. The summed E-state index contributed by atoms with van der Waals surface area (Å²) in [5, 5.41) is 3.90. The fourth-order valence-electron chi connectivity index (χ4n) is 3.16. The number of carbonyl (C=O) groups is 2. The lowest BCUT2D eigenvalue weighted by atomic mass is 10.0. The number of amides is 2. The average Bonchev–Trinajstić information content (AvgIpc) is 2.90. The first-order chi connectivity index (χ1) is 10.6. The van der Waals surface area contributed by atoms with E-state index >= 15 is 0 Å². The molecule has 1 aromatic rings. The minimum Gasteiger partial charge on any atom is -0.337 e. The molecule has 2 heterocycles. The lowest BCUT2D eigenvalue weighted by Gasteiger charge is -2.35. The zero-order valence-corrected chi connectivity index (χ0v) is 14.6. The van der Waals surface area contributed by atoms with Crippen molar-refractivity contribution in [2.45, 2.75) is 19.4 Å². The molecule has 2 amide bonds. The number of hydrogen-bond acceptors (Lipinski definition) is 3. The van der Waals surface area contributed by atoms with E-state index in [1.807, 2.05) is 24.0 Å². The Bertz CT molecular complexity index is 579. The molecule has 126 valence electrons. The molecule has 2 aliphatic heterocycles. The van der Waals surface area contributed by atoms with Crippen LogP contribution in [0.5, 0.6) is 0 Å². The molecule has 0 aliphatic carbocycles. The molecule has 0 saturated carbocycles. The van der Waals surface area contributed by atoms with Gasteiger partial charge in [0.15, 0.2) is 0 Å². The van der Waals surface area contributed by atoms with Gasteiger partial charge in [-0.2, -0.15) is 0 Å². The molecule has 3 rings (SSSR count). The van der Waals surface area contributed by atoms with Crippen LogP contribution in [0.25, 0.3) is 0 Å². The van der Waals surface area contributed by atoms with Gasteiger partial charge in [-0.25, -0.2) is 0 Å². The number of halogens is 2. The molecule has 1 unspecified atom stereocenters. The molecule has 0 radical (unpaired) electrons. The highest BCUT2D eigenvalue weighted by atomic mass is 35.5. The molecule has 2 fully saturated rings. The third-order valence-electron chi connectivity index (χ3n) is 4.43. The molecule has 2 aliphatic rings. The quantitative estimate of drug-likeness (QED) is 0.822. The Morgan fingerprint density at radius 3 is 2.61 bits per heavy atom. The summed E-state index contributed by atoms with van der Waals surface area (Å²) in [5.41, 5.74) is 0.804. The van der Waals surface area contributed by atoms with E-state index in [-0.39, 0.29) is 30.3 Å². The van der Waals surface area contributed by atoms with Crippen LogP contribution in [0.2, 0.25) is 5.02 Å². The van der Waals surface area contributed by atoms with Gasteiger partial charge in [-0.15, -0.1) is 12.4 Å².